The van der Waals surface area contributed by atoms with Crippen molar-refractivity contribution in [3.8, 4) is 6.07 Å². The van der Waals surface area contributed by atoms with Gasteiger partial charge < -0.3 is 16.2 Å². The number of allylic oxidation sites excluding steroid dienone is 3. The number of ketones is 1. The summed E-state index contributed by atoms with van der Waals surface area (Å²) in [4.78, 5) is 38.6. The van der Waals surface area contributed by atoms with Crippen molar-refractivity contribution in [1.29, 1.82) is 5.26 Å². The summed E-state index contributed by atoms with van der Waals surface area (Å²) in [5.41, 5.74) is 9.34. The number of aromatic carboxylic acids is 1. The maximum Gasteiger partial charge on any atom is 0.335 e. The quantitative estimate of drug-likeness (QED) is 0.300. The first-order chi connectivity index (χ1) is 19.3. The molecule has 202 valence electrons. The average molecular weight is 638 g/mol. The minimum absolute atomic E-state index is 0.0120. The molecule has 1 aromatic heterocycles. The maximum absolute atomic E-state index is 13.3. The number of benzene rings is 2. The molecule has 0 spiro atoms. The van der Waals surface area contributed by atoms with E-state index in [1.807, 2.05) is 24.3 Å². The monoisotopic (exact) mass is 636 g/mol. The van der Waals surface area contributed by atoms with E-state index in [0.29, 0.717) is 45.7 Å². The lowest BCUT2D eigenvalue weighted by Gasteiger charge is -2.38. The number of amides is 1. The third kappa shape index (κ3) is 5.51. The zero-order chi connectivity index (χ0) is 28.4. The Kier molecular flexibility index (Phi) is 8.02. The molecule has 2 aromatic carbocycles. The number of hydrogen-bond donors (Lipinski definition) is 3. The maximum atomic E-state index is 13.3. The normalized spacial score (nSPS) is 16.9. The highest BCUT2D eigenvalue weighted by Gasteiger charge is 2.41. The molecule has 10 nitrogen and oxygen atoms in total. The number of halogens is 1. The van der Waals surface area contributed by atoms with Crippen molar-refractivity contribution in [2.75, 3.05) is 16.0 Å². The van der Waals surface area contributed by atoms with E-state index < -0.39 is 11.9 Å². The topological polar surface area (TPSA) is 162 Å². The zero-order valence-electron chi connectivity index (χ0n) is 20.8. The molecule has 1 aliphatic carbocycles. The number of Topliss-reactive ketones (excluding diaryl/α,β-unsaturated/α-hetero) is 1. The van der Waals surface area contributed by atoms with Gasteiger partial charge in [-0.05, 0) is 48.7 Å². The second kappa shape index (κ2) is 11.6. The molecule has 0 radical (unpaired) electrons. The van der Waals surface area contributed by atoms with E-state index >= 15 is 0 Å². The van der Waals surface area contributed by atoms with Crippen molar-refractivity contribution in [3.63, 3.8) is 0 Å². The van der Waals surface area contributed by atoms with Gasteiger partial charge in [-0.3, -0.25) is 14.5 Å². The van der Waals surface area contributed by atoms with Crippen LogP contribution in [-0.4, -0.2) is 38.7 Å². The zero-order valence-corrected chi connectivity index (χ0v) is 24.0. The predicted molar refractivity (Wildman–Crippen MR) is 155 cm³/mol. The molecule has 0 saturated heterocycles. The summed E-state index contributed by atoms with van der Waals surface area (Å²) < 4.78 is 1.33. The number of carbonyl (C=O) groups is 3. The minimum atomic E-state index is -1.08. The van der Waals surface area contributed by atoms with Gasteiger partial charge in [0.2, 0.25) is 11.0 Å². The summed E-state index contributed by atoms with van der Waals surface area (Å²) in [5, 5.41) is 30.8. The minimum Gasteiger partial charge on any atom is -0.478 e. The van der Waals surface area contributed by atoms with Crippen LogP contribution in [0.15, 0.2) is 80.0 Å². The van der Waals surface area contributed by atoms with Crippen molar-refractivity contribution in [2.24, 2.45) is 5.73 Å². The van der Waals surface area contributed by atoms with E-state index in [9.17, 15) is 19.6 Å². The number of carboxylic acids is 1. The van der Waals surface area contributed by atoms with Crippen LogP contribution < -0.4 is 16.0 Å². The summed E-state index contributed by atoms with van der Waals surface area (Å²) in [5.74, 6) is -1.82. The third-order valence-electron chi connectivity index (χ3n) is 6.40. The van der Waals surface area contributed by atoms with E-state index in [2.05, 4.69) is 37.5 Å². The van der Waals surface area contributed by atoms with Crippen LogP contribution in [0.25, 0.3) is 0 Å². The summed E-state index contributed by atoms with van der Waals surface area (Å²) in [6.07, 6.45) is 1.63. The molecular formula is C27H21BrN6O4S2. The summed E-state index contributed by atoms with van der Waals surface area (Å²) in [6, 6.07) is 15.7. The van der Waals surface area contributed by atoms with Crippen molar-refractivity contribution >= 4 is 67.5 Å². The van der Waals surface area contributed by atoms with Gasteiger partial charge in [-0.1, -0.05) is 57.2 Å². The highest BCUT2D eigenvalue weighted by atomic mass is 79.9. The molecule has 0 saturated carbocycles. The van der Waals surface area contributed by atoms with Gasteiger partial charge in [0.1, 0.15) is 5.82 Å². The number of thioether (sulfide) groups is 1. The Morgan fingerprint density at radius 1 is 1.23 bits per heavy atom. The molecule has 1 amide bonds. The molecule has 2 heterocycles. The molecule has 1 unspecified atom stereocenters. The van der Waals surface area contributed by atoms with Crippen molar-refractivity contribution < 1.29 is 19.5 Å². The Bertz CT molecular complexity index is 1640. The number of rotatable bonds is 7. The Morgan fingerprint density at radius 3 is 2.77 bits per heavy atom. The van der Waals surface area contributed by atoms with Crippen LogP contribution in [0, 0.1) is 11.3 Å². The third-order valence-corrected chi connectivity index (χ3v) is 8.94. The number of nitrogens with two attached hydrogens (primary N) is 1. The van der Waals surface area contributed by atoms with Crippen molar-refractivity contribution in [3.05, 3.63) is 86.8 Å². The fraction of sp³-hybridized carbons (Fsp3) is 0.185. The number of aromatic nitrogens is 2. The predicted octanol–water partition coefficient (Wildman–Crippen LogP) is 5.03. The van der Waals surface area contributed by atoms with Crippen molar-refractivity contribution in [1.82, 2.24) is 10.2 Å². The van der Waals surface area contributed by atoms with E-state index in [4.69, 9.17) is 10.8 Å². The van der Waals surface area contributed by atoms with Crippen LogP contribution >= 0.6 is 39.0 Å². The van der Waals surface area contributed by atoms with Crippen LogP contribution in [0.1, 0.15) is 41.1 Å². The number of nitriles is 1. The second-order valence-electron chi connectivity index (χ2n) is 8.94. The second-order valence-corrected chi connectivity index (χ2v) is 12.0. The van der Waals surface area contributed by atoms with Crippen LogP contribution in [0.2, 0.25) is 0 Å². The largest absolute Gasteiger partial charge is 0.478 e. The van der Waals surface area contributed by atoms with E-state index in [1.165, 1.54) is 23.5 Å². The van der Waals surface area contributed by atoms with Crippen LogP contribution in [0.4, 0.5) is 10.8 Å². The van der Waals surface area contributed by atoms with Gasteiger partial charge in [-0.2, -0.15) is 5.26 Å². The highest BCUT2D eigenvalue weighted by molar-refractivity contribution is 9.10. The Morgan fingerprint density at radius 2 is 2.02 bits per heavy atom. The van der Waals surface area contributed by atoms with Crippen LogP contribution in [0.3, 0.4) is 0 Å². The smallest absolute Gasteiger partial charge is 0.335 e. The summed E-state index contributed by atoms with van der Waals surface area (Å²) in [6.45, 7) is 0. The Labute approximate surface area is 245 Å². The van der Waals surface area contributed by atoms with Gasteiger partial charge in [0.05, 0.1) is 28.9 Å². The molecule has 4 N–H and O–H groups in total. The van der Waals surface area contributed by atoms with Gasteiger partial charge in [-0.15, -0.1) is 10.2 Å². The molecule has 3 aromatic rings. The van der Waals surface area contributed by atoms with Gasteiger partial charge in [0.15, 0.2) is 10.1 Å². The molecule has 2 aliphatic rings. The lowest BCUT2D eigenvalue weighted by Crippen LogP contribution is -2.38. The first-order valence-electron chi connectivity index (χ1n) is 12.1. The lowest BCUT2D eigenvalue weighted by atomic mass is 9.76. The number of carbonyl (C=O) groups excluding carboxylic acids is 2. The fourth-order valence-electron chi connectivity index (χ4n) is 4.73. The average Bonchev–Trinajstić information content (AvgIpc) is 3.40. The first kappa shape index (κ1) is 27.6. The molecule has 0 bridgehead atoms. The Balaban J connectivity index is 1.39. The number of carboxylic acid groups (broad SMARTS) is 1. The molecular weight excluding hydrogens is 616 g/mol. The fourth-order valence-corrected chi connectivity index (χ4v) is 6.83. The first-order valence-corrected chi connectivity index (χ1v) is 14.7. The van der Waals surface area contributed by atoms with E-state index in [0.717, 1.165) is 21.8 Å². The number of nitrogens with one attached hydrogen (secondary N) is 1. The molecule has 13 heteroatoms. The molecule has 40 heavy (non-hydrogen) atoms. The van der Waals surface area contributed by atoms with E-state index in [1.54, 1.807) is 17.0 Å². The highest BCUT2D eigenvalue weighted by Crippen LogP contribution is 2.47. The van der Waals surface area contributed by atoms with Crippen molar-refractivity contribution in [2.45, 2.75) is 29.5 Å². The lowest BCUT2D eigenvalue weighted by molar-refractivity contribution is -0.116. The molecule has 5 rings (SSSR count). The van der Waals surface area contributed by atoms with Crippen LogP contribution in [0.5, 0.6) is 0 Å². The number of hydrogen-bond acceptors (Lipinski definition) is 10. The Hall–Kier alpha value is -3.99. The van der Waals surface area contributed by atoms with E-state index in [-0.39, 0.29) is 34.4 Å². The van der Waals surface area contributed by atoms with Gasteiger partial charge in [0.25, 0.3) is 0 Å². The van der Waals surface area contributed by atoms with Gasteiger partial charge in [-0.25, -0.2) is 4.79 Å². The number of nitrogens with zero attached hydrogens (tertiary/aromatic N) is 4. The molecule has 0 fully saturated rings. The molecule has 1 aliphatic heterocycles. The van der Waals surface area contributed by atoms with Gasteiger partial charge in [0, 0.05) is 27.9 Å². The van der Waals surface area contributed by atoms with Crippen LogP contribution in [-0.2, 0) is 9.59 Å². The summed E-state index contributed by atoms with van der Waals surface area (Å²) >= 11 is 5.84. The number of anilines is 2. The molecule has 1 atom stereocenters. The standard InChI is InChI=1S/C27H21BrN6O4S2/c28-16-6-1-4-14(10-16)22-18(12-29)24(30)34(19-8-3-9-20(35)23(19)22)26-32-33-27(40-26)39-13-21(36)31-17-7-2-5-15(11-17)25(37)38/h1-2,4-7,10-11,22H,3,8-9,13,30H2,(H,31,36)(H,37,38). The van der Waals surface area contributed by atoms with Gasteiger partial charge >= 0.3 is 5.97 Å². The SMILES string of the molecule is N#CC1=C(N)N(c2nnc(SCC(=O)Nc3cccc(C(=O)O)c3)s2)C2=C(C(=O)CCC2)C1c1cccc(Br)c1. The summed E-state index contributed by atoms with van der Waals surface area (Å²) in [7, 11) is 0.